The quantitative estimate of drug-likeness (QED) is 0.865. The number of nitrogens with two attached hydrogens (primary N) is 1. The largest absolute Gasteiger partial charge is 0.328 e. The highest BCUT2D eigenvalue weighted by molar-refractivity contribution is 5.91. The first-order valence-electron chi connectivity index (χ1n) is 6.56. The van der Waals surface area contributed by atoms with Crippen molar-refractivity contribution in [1.82, 2.24) is 14.8 Å². The lowest BCUT2D eigenvalue weighted by molar-refractivity contribution is -0.116. The molecule has 6 heteroatoms. The predicted molar refractivity (Wildman–Crippen MR) is 78.0 cm³/mol. The van der Waals surface area contributed by atoms with Gasteiger partial charge in [0, 0.05) is 30.8 Å². The third-order valence-electron chi connectivity index (χ3n) is 2.94. The van der Waals surface area contributed by atoms with E-state index in [2.05, 4.69) is 15.5 Å². The van der Waals surface area contributed by atoms with Crippen molar-refractivity contribution < 1.29 is 4.79 Å². The fourth-order valence-corrected chi connectivity index (χ4v) is 1.86. The maximum Gasteiger partial charge on any atom is 0.224 e. The second kappa shape index (κ2) is 6.29. The number of anilines is 1. The van der Waals surface area contributed by atoms with E-state index in [1.807, 2.05) is 42.8 Å². The Hall–Kier alpha value is -2.21. The minimum Gasteiger partial charge on any atom is -0.328 e. The van der Waals surface area contributed by atoms with E-state index in [1.54, 1.807) is 6.33 Å². The third kappa shape index (κ3) is 3.64. The average Bonchev–Trinajstić information content (AvgIpc) is 2.83. The molecule has 2 aromatic rings. The van der Waals surface area contributed by atoms with Gasteiger partial charge in [0.05, 0.1) is 0 Å². The number of carbonyl (C=O) groups is 1. The zero-order chi connectivity index (χ0) is 14.5. The Balaban J connectivity index is 2.07. The Labute approximate surface area is 118 Å². The number of hydrogen-bond acceptors (Lipinski definition) is 4. The molecule has 2 rings (SSSR count). The molecule has 3 N–H and O–H groups in total. The highest BCUT2D eigenvalue weighted by Gasteiger charge is 2.07. The summed E-state index contributed by atoms with van der Waals surface area (Å²) in [5.74, 6) is 0.731. The van der Waals surface area contributed by atoms with Crippen LogP contribution >= 0.6 is 0 Å². The fraction of sp³-hybridized carbons (Fsp3) is 0.357. The highest BCUT2D eigenvalue weighted by Crippen LogP contribution is 2.20. The maximum atomic E-state index is 11.8. The lowest BCUT2D eigenvalue weighted by atomic mass is 10.1. The summed E-state index contributed by atoms with van der Waals surface area (Å²) in [7, 11) is 1.88. The lowest BCUT2D eigenvalue weighted by Gasteiger charge is -2.08. The first-order chi connectivity index (χ1) is 9.56. The molecule has 1 atom stereocenters. The first kappa shape index (κ1) is 14.2. The molecule has 0 aliphatic rings. The number of aromatic nitrogens is 3. The zero-order valence-electron chi connectivity index (χ0n) is 11.7. The molecule has 0 bridgehead atoms. The van der Waals surface area contributed by atoms with Gasteiger partial charge in [0.2, 0.25) is 5.91 Å². The summed E-state index contributed by atoms with van der Waals surface area (Å²) < 4.78 is 1.83. The van der Waals surface area contributed by atoms with Gasteiger partial charge in [-0.3, -0.25) is 4.79 Å². The Kier molecular flexibility index (Phi) is 4.47. The van der Waals surface area contributed by atoms with Crippen LogP contribution in [0.15, 0.2) is 30.6 Å². The molecule has 1 amide bonds. The molecule has 0 spiro atoms. The number of amides is 1. The molecular formula is C14H19N5O. The van der Waals surface area contributed by atoms with E-state index in [0.717, 1.165) is 17.1 Å². The van der Waals surface area contributed by atoms with Gasteiger partial charge in [-0.25, -0.2) is 0 Å². The number of carbonyl (C=O) groups excluding carboxylic acids is 1. The highest BCUT2D eigenvalue weighted by atomic mass is 16.1. The standard InChI is InChI=1S/C14H19N5O/c1-10(15)6-7-13(20)17-12-5-3-4-11(8-12)14-18-16-9-19(14)2/h3-5,8-10H,6-7,15H2,1-2H3,(H,17,20). The fourth-order valence-electron chi connectivity index (χ4n) is 1.86. The minimum atomic E-state index is -0.0302. The van der Waals surface area contributed by atoms with Crippen molar-refractivity contribution in [3.8, 4) is 11.4 Å². The Bertz CT molecular complexity index is 591. The van der Waals surface area contributed by atoms with Gasteiger partial charge in [0.15, 0.2) is 5.82 Å². The molecule has 0 fully saturated rings. The summed E-state index contributed by atoms with van der Waals surface area (Å²) in [6.07, 6.45) is 2.74. The molecule has 106 valence electrons. The van der Waals surface area contributed by atoms with Crippen LogP contribution in [0.5, 0.6) is 0 Å². The summed E-state index contributed by atoms with van der Waals surface area (Å²) in [5, 5.41) is 10.8. The Morgan fingerprint density at radius 1 is 1.50 bits per heavy atom. The van der Waals surface area contributed by atoms with Crippen LogP contribution in [-0.4, -0.2) is 26.7 Å². The topological polar surface area (TPSA) is 85.8 Å². The maximum absolute atomic E-state index is 11.8. The number of aryl methyl sites for hydroxylation is 1. The van der Waals surface area contributed by atoms with Crippen molar-refractivity contribution in [1.29, 1.82) is 0 Å². The summed E-state index contributed by atoms with van der Waals surface area (Å²) in [5.41, 5.74) is 7.30. The molecule has 0 saturated carbocycles. The van der Waals surface area contributed by atoms with Gasteiger partial charge in [0.1, 0.15) is 6.33 Å². The summed E-state index contributed by atoms with van der Waals surface area (Å²) in [4.78, 5) is 11.8. The van der Waals surface area contributed by atoms with Crippen molar-refractivity contribution in [3.05, 3.63) is 30.6 Å². The van der Waals surface area contributed by atoms with Crippen molar-refractivity contribution in [3.63, 3.8) is 0 Å². The van der Waals surface area contributed by atoms with E-state index in [-0.39, 0.29) is 11.9 Å². The first-order valence-corrected chi connectivity index (χ1v) is 6.56. The van der Waals surface area contributed by atoms with Crippen LogP contribution in [0.1, 0.15) is 19.8 Å². The molecule has 0 aliphatic carbocycles. The van der Waals surface area contributed by atoms with Gasteiger partial charge in [0.25, 0.3) is 0 Å². The van der Waals surface area contributed by atoms with Crippen LogP contribution < -0.4 is 11.1 Å². The predicted octanol–water partition coefficient (Wildman–Crippen LogP) is 1.55. The SMILES string of the molecule is CC(N)CCC(=O)Nc1cccc(-c2nncn2C)c1. The van der Waals surface area contributed by atoms with Gasteiger partial charge in [-0.1, -0.05) is 12.1 Å². The number of hydrogen-bond donors (Lipinski definition) is 2. The van der Waals surface area contributed by atoms with Crippen LogP contribution in [0.3, 0.4) is 0 Å². The molecule has 0 radical (unpaired) electrons. The molecule has 0 saturated heterocycles. The van der Waals surface area contributed by atoms with E-state index in [1.165, 1.54) is 0 Å². The molecule has 0 aliphatic heterocycles. The third-order valence-corrected chi connectivity index (χ3v) is 2.94. The van der Waals surface area contributed by atoms with Crippen LogP contribution in [-0.2, 0) is 11.8 Å². The van der Waals surface area contributed by atoms with Gasteiger partial charge >= 0.3 is 0 Å². The summed E-state index contributed by atoms with van der Waals surface area (Å²) in [6.45, 7) is 1.89. The minimum absolute atomic E-state index is 0.0302. The molecule has 20 heavy (non-hydrogen) atoms. The summed E-state index contributed by atoms with van der Waals surface area (Å²) >= 11 is 0. The summed E-state index contributed by atoms with van der Waals surface area (Å²) in [6, 6.07) is 7.58. The number of nitrogens with one attached hydrogen (secondary N) is 1. The Morgan fingerprint density at radius 2 is 2.30 bits per heavy atom. The molecule has 1 aromatic heterocycles. The van der Waals surface area contributed by atoms with Crippen molar-refractivity contribution in [2.24, 2.45) is 12.8 Å². The van der Waals surface area contributed by atoms with E-state index >= 15 is 0 Å². The van der Waals surface area contributed by atoms with Crippen LogP contribution in [0.2, 0.25) is 0 Å². The second-order valence-electron chi connectivity index (χ2n) is 4.91. The van der Waals surface area contributed by atoms with Crippen molar-refractivity contribution >= 4 is 11.6 Å². The monoisotopic (exact) mass is 273 g/mol. The molecular weight excluding hydrogens is 254 g/mol. The van der Waals surface area contributed by atoms with Crippen LogP contribution in [0.4, 0.5) is 5.69 Å². The number of rotatable bonds is 5. The smallest absolute Gasteiger partial charge is 0.224 e. The van der Waals surface area contributed by atoms with Gasteiger partial charge in [-0.15, -0.1) is 10.2 Å². The van der Waals surface area contributed by atoms with Crippen molar-refractivity contribution in [2.45, 2.75) is 25.8 Å². The van der Waals surface area contributed by atoms with Crippen LogP contribution in [0, 0.1) is 0 Å². The van der Waals surface area contributed by atoms with Gasteiger partial charge < -0.3 is 15.6 Å². The molecule has 1 unspecified atom stereocenters. The molecule has 1 aromatic carbocycles. The van der Waals surface area contributed by atoms with E-state index in [9.17, 15) is 4.79 Å². The molecule has 6 nitrogen and oxygen atoms in total. The van der Waals surface area contributed by atoms with Crippen molar-refractivity contribution in [2.75, 3.05) is 5.32 Å². The van der Waals surface area contributed by atoms with E-state index < -0.39 is 0 Å². The van der Waals surface area contributed by atoms with Crippen LogP contribution in [0.25, 0.3) is 11.4 Å². The van der Waals surface area contributed by atoms with E-state index in [0.29, 0.717) is 12.8 Å². The Morgan fingerprint density at radius 3 is 2.95 bits per heavy atom. The number of nitrogens with zero attached hydrogens (tertiary/aromatic N) is 3. The second-order valence-corrected chi connectivity index (χ2v) is 4.91. The van der Waals surface area contributed by atoms with E-state index in [4.69, 9.17) is 5.73 Å². The molecule has 1 heterocycles. The van der Waals surface area contributed by atoms with Gasteiger partial charge in [-0.05, 0) is 25.5 Å². The lowest BCUT2D eigenvalue weighted by Crippen LogP contribution is -2.19. The average molecular weight is 273 g/mol. The normalized spacial score (nSPS) is 12.2. The van der Waals surface area contributed by atoms with Gasteiger partial charge in [-0.2, -0.15) is 0 Å². The zero-order valence-corrected chi connectivity index (χ0v) is 11.7. The number of benzene rings is 1.